The van der Waals surface area contributed by atoms with E-state index in [1.165, 1.54) is 17.1 Å². The smallest absolute Gasteiger partial charge is 0.243 e. The highest BCUT2D eigenvalue weighted by atomic mass is 35.5. The van der Waals surface area contributed by atoms with Gasteiger partial charge in [-0.1, -0.05) is 13.8 Å². The van der Waals surface area contributed by atoms with E-state index in [0.717, 1.165) is 17.7 Å². The topological polar surface area (TPSA) is 78.5 Å². The van der Waals surface area contributed by atoms with Crippen LogP contribution in [0.15, 0.2) is 17.0 Å². The second kappa shape index (κ2) is 9.69. The molecule has 1 amide bonds. The molecule has 2 rings (SSSR count). The van der Waals surface area contributed by atoms with Crippen molar-refractivity contribution in [3.05, 3.63) is 23.3 Å². The van der Waals surface area contributed by atoms with Gasteiger partial charge in [-0.15, -0.1) is 12.4 Å². The molecule has 0 radical (unpaired) electrons. The Hall–Kier alpha value is -1.15. The highest BCUT2D eigenvalue weighted by Gasteiger charge is 2.24. The van der Waals surface area contributed by atoms with E-state index in [1.54, 1.807) is 12.1 Å². The lowest BCUT2D eigenvalue weighted by Crippen LogP contribution is -2.31. The molecule has 1 aliphatic rings. The fourth-order valence-electron chi connectivity index (χ4n) is 2.72. The number of carbonyl (C=O) groups excluding carboxylic acids is 1. The van der Waals surface area contributed by atoms with Crippen molar-refractivity contribution in [2.45, 2.75) is 45.4 Å². The van der Waals surface area contributed by atoms with Gasteiger partial charge < -0.3 is 10.6 Å². The van der Waals surface area contributed by atoms with Crippen molar-refractivity contribution < 1.29 is 13.2 Å². The van der Waals surface area contributed by atoms with Gasteiger partial charge in [-0.3, -0.25) is 4.79 Å². The minimum atomic E-state index is -3.55. The Kier molecular flexibility index (Phi) is 8.53. The first-order valence-electron chi connectivity index (χ1n) is 8.91. The Balaban J connectivity index is 0.00000338. The maximum absolute atomic E-state index is 12.8. The zero-order valence-corrected chi connectivity index (χ0v) is 17.6. The minimum absolute atomic E-state index is 0. The highest BCUT2D eigenvalue weighted by Crippen LogP contribution is 2.28. The van der Waals surface area contributed by atoms with Gasteiger partial charge >= 0.3 is 0 Å². The normalized spacial score (nSPS) is 14.2. The first-order chi connectivity index (χ1) is 11.8. The van der Waals surface area contributed by atoms with Crippen LogP contribution in [0.3, 0.4) is 0 Å². The van der Waals surface area contributed by atoms with Crippen molar-refractivity contribution in [2.24, 2.45) is 5.92 Å². The molecule has 0 saturated heterocycles. The summed E-state index contributed by atoms with van der Waals surface area (Å²) in [5.74, 6) is 0.555. The van der Waals surface area contributed by atoms with E-state index in [-0.39, 0.29) is 29.8 Å². The Morgan fingerprint density at radius 3 is 2.35 bits per heavy atom. The van der Waals surface area contributed by atoms with Crippen LogP contribution in [0.2, 0.25) is 0 Å². The Morgan fingerprint density at radius 1 is 1.19 bits per heavy atom. The quantitative estimate of drug-likeness (QED) is 0.664. The SMILES string of the molecule is CCN(CC)S(=O)(=O)c1cc(C)c(C)c(NC(=O)CNCC2CC2)c1.Cl. The van der Waals surface area contributed by atoms with Gasteiger partial charge in [-0.2, -0.15) is 4.31 Å². The number of halogens is 1. The van der Waals surface area contributed by atoms with E-state index in [1.807, 2.05) is 27.7 Å². The molecule has 1 fully saturated rings. The van der Waals surface area contributed by atoms with E-state index >= 15 is 0 Å². The second-order valence-corrected chi connectivity index (χ2v) is 8.56. The summed E-state index contributed by atoms with van der Waals surface area (Å²) in [5, 5.41) is 5.99. The zero-order chi connectivity index (χ0) is 18.6. The number of aryl methyl sites for hydroxylation is 1. The molecule has 1 aromatic rings. The summed E-state index contributed by atoms with van der Waals surface area (Å²) >= 11 is 0. The molecule has 1 aromatic carbocycles. The van der Waals surface area contributed by atoms with Crippen LogP contribution in [0.5, 0.6) is 0 Å². The monoisotopic (exact) mass is 403 g/mol. The van der Waals surface area contributed by atoms with Gasteiger partial charge in [-0.25, -0.2) is 8.42 Å². The van der Waals surface area contributed by atoms with Crippen molar-refractivity contribution >= 4 is 34.0 Å². The van der Waals surface area contributed by atoms with Crippen LogP contribution in [0, 0.1) is 19.8 Å². The van der Waals surface area contributed by atoms with Gasteiger partial charge in [-0.05, 0) is 62.4 Å². The first-order valence-corrected chi connectivity index (χ1v) is 10.4. The van der Waals surface area contributed by atoms with Crippen molar-refractivity contribution in [1.29, 1.82) is 0 Å². The predicted molar refractivity (Wildman–Crippen MR) is 107 cm³/mol. The summed E-state index contributed by atoms with van der Waals surface area (Å²) in [6.45, 7) is 9.31. The predicted octanol–water partition coefficient (Wildman–Crippen LogP) is 2.69. The van der Waals surface area contributed by atoms with Gasteiger partial charge in [0.05, 0.1) is 11.4 Å². The van der Waals surface area contributed by atoms with Crippen LogP contribution in [-0.4, -0.2) is 44.8 Å². The number of carbonyl (C=O) groups is 1. The molecule has 0 bridgehead atoms. The van der Waals surface area contributed by atoms with Crippen molar-refractivity contribution in [1.82, 2.24) is 9.62 Å². The number of amides is 1. The first kappa shape index (κ1) is 22.9. The lowest BCUT2D eigenvalue weighted by molar-refractivity contribution is -0.115. The van der Waals surface area contributed by atoms with E-state index in [2.05, 4.69) is 10.6 Å². The van der Waals surface area contributed by atoms with E-state index in [9.17, 15) is 13.2 Å². The highest BCUT2D eigenvalue weighted by molar-refractivity contribution is 7.89. The molecule has 2 N–H and O–H groups in total. The molecule has 1 aliphatic carbocycles. The number of hydrogen-bond donors (Lipinski definition) is 2. The third-order valence-corrected chi connectivity index (χ3v) is 6.70. The summed E-state index contributed by atoms with van der Waals surface area (Å²) in [6, 6.07) is 3.23. The number of nitrogens with zero attached hydrogens (tertiary/aromatic N) is 1. The summed E-state index contributed by atoms with van der Waals surface area (Å²) in [4.78, 5) is 12.4. The molecular weight excluding hydrogens is 374 g/mol. The molecule has 8 heteroatoms. The fraction of sp³-hybridized carbons (Fsp3) is 0.611. The van der Waals surface area contributed by atoms with Gasteiger partial charge in [0, 0.05) is 18.8 Å². The maximum atomic E-state index is 12.8. The number of sulfonamides is 1. The third kappa shape index (κ3) is 5.67. The molecule has 0 unspecified atom stereocenters. The Bertz CT molecular complexity index is 729. The van der Waals surface area contributed by atoms with E-state index in [0.29, 0.717) is 24.7 Å². The van der Waals surface area contributed by atoms with Crippen molar-refractivity contribution in [3.63, 3.8) is 0 Å². The van der Waals surface area contributed by atoms with Crippen LogP contribution in [0.25, 0.3) is 0 Å². The molecule has 0 heterocycles. The number of benzene rings is 1. The van der Waals surface area contributed by atoms with Crippen LogP contribution in [0.1, 0.15) is 37.8 Å². The average Bonchev–Trinajstić information content (AvgIpc) is 3.36. The Morgan fingerprint density at radius 2 is 1.81 bits per heavy atom. The number of anilines is 1. The molecule has 26 heavy (non-hydrogen) atoms. The Labute approximate surface area is 163 Å². The van der Waals surface area contributed by atoms with Crippen LogP contribution in [-0.2, 0) is 14.8 Å². The minimum Gasteiger partial charge on any atom is -0.325 e. The molecule has 148 valence electrons. The fourth-order valence-corrected chi connectivity index (χ4v) is 4.29. The summed E-state index contributed by atoms with van der Waals surface area (Å²) in [5.41, 5.74) is 2.28. The summed E-state index contributed by atoms with van der Waals surface area (Å²) < 4.78 is 26.9. The average molecular weight is 404 g/mol. The summed E-state index contributed by atoms with van der Waals surface area (Å²) in [6.07, 6.45) is 2.47. The maximum Gasteiger partial charge on any atom is 0.243 e. The van der Waals surface area contributed by atoms with E-state index in [4.69, 9.17) is 0 Å². The van der Waals surface area contributed by atoms with Crippen LogP contribution < -0.4 is 10.6 Å². The van der Waals surface area contributed by atoms with Gasteiger partial charge in [0.25, 0.3) is 0 Å². The number of nitrogens with one attached hydrogen (secondary N) is 2. The standard InChI is InChI=1S/C18H29N3O3S.ClH/c1-5-21(6-2)25(23,24)16-9-13(3)14(4)17(10-16)20-18(22)12-19-11-15-7-8-15;/h9-10,15,19H,5-8,11-12H2,1-4H3,(H,20,22);1H. The molecule has 1 saturated carbocycles. The van der Waals surface area contributed by atoms with Gasteiger partial charge in [0.2, 0.25) is 15.9 Å². The van der Waals surface area contributed by atoms with Gasteiger partial charge in [0.15, 0.2) is 0 Å². The second-order valence-electron chi connectivity index (χ2n) is 6.62. The van der Waals surface area contributed by atoms with Crippen LogP contribution in [0.4, 0.5) is 5.69 Å². The number of hydrogen-bond acceptors (Lipinski definition) is 4. The number of rotatable bonds is 9. The summed E-state index contributed by atoms with van der Waals surface area (Å²) in [7, 11) is -3.55. The van der Waals surface area contributed by atoms with Crippen molar-refractivity contribution in [3.8, 4) is 0 Å². The van der Waals surface area contributed by atoms with Crippen molar-refractivity contribution in [2.75, 3.05) is 31.5 Å². The molecule has 6 nitrogen and oxygen atoms in total. The molecular formula is C18H30ClN3O3S. The van der Waals surface area contributed by atoms with E-state index < -0.39 is 10.0 Å². The largest absolute Gasteiger partial charge is 0.325 e. The molecule has 0 aliphatic heterocycles. The lowest BCUT2D eigenvalue weighted by atomic mass is 10.1. The molecule has 0 aromatic heterocycles. The van der Waals surface area contributed by atoms with Crippen LogP contribution >= 0.6 is 12.4 Å². The lowest BCUT2D eigenvalue weighted by Gasteiger charge is -2.20. The zero-order valence-electron chi connectivity index (χ0n) is 16.0. The molecule has 0 atom stereocenters. The third-order valence-electron chi connectivity index (χ3n) is 4.67. The van der Waals surface area contributed by atoms with Gasteiger partial charge in [0.1, 0.15) is 0 Å². The molecule has 0 spiro atoms.